The first-order valence-electron chi connectivity index (χ1n) is 6.91. The van der Waals surface area contributed by atoms with Crippen molar-refractivity contribution in [2.24, 2.45) is 0 Å². The molecule has 1 aliphatic rings. The van der Waals surface area contributed by atoms with Crippen molar-refractivity contribution in [1.82, 2.24) is 5.32 Å². The van der Waals surface area contributed by atoms with Crippen LogP contribution in [0.3, 0.4) is 0 Å². The molecule has 0 radical (unpaired) electrons. The zero-order chi connectivity index (χ0) is 13.9. The van der Waals surface area contributed by atoms with Gasteiger partial charge in [-0.15, -0.1) is 11.3 Å². The molecule has 0 saturated carbocycles. The van der Waals surface area contributed by atoms with Gasteiger partial charge in [0.05, 0.1) is 9.49 Å². The van der Waals surface area contributed by atoms with Crippen molar-refractivity contribution >= 4 is 33.9 Å². The first kappa shape index (κ1) is 14.4. The Morgan fingerprint density at radius 2 is 2.30 bits per heavy atom. The van der Waals surface area contributed by atoms with Gasteiger partial charge in [-0.2, -0.15) is 0 Å². The number of nitrogens with one attached hydrogen (secondary N) is 1. The third-order valence-electron chi connectivity index (χ3n) is 3.94. The van der Waals surface area contributed by atoms with E-state index in [1.165, 1.54) is 14.0 Å². The van der Waals surface area contributed by atoms with Crippen LogP contribution in [-0.4, -0.2) is 13.7 Å². The second-order valence-electron chi connectivity index (χ2n) is 5.13. The van der Waals surface area contributed by atoms with Gasteiger partial charge in [-0.05, 0) is 77.0 Å². The van der Waals surface area contributed by atoms with Gasteiger partial charge < -0.3 is 10.1 Å². The van der Waals surface area contributed by atoms with Crippen LogP contribution in [0, 0.1) is 2.88 Å². The molecule has 0 bridgehead atoms. The lowest BCUT2D eigenvalue weighted by atomic mass is 9.86. The number of benzene rings is 1. The minimum absolute atomic E-state index is 0.422. The van der Waals surface area contributed by atoms with E-state index in [1.807, 2.05) is 11.3 Å². The highest BCUT2D eigenvalue weighted by Gasteiger charge is 2.24. The summed E-state index contributed by atoms with van der Waals surface area (Å²) < 4.78 is 7.11. The van der Waals surface area contributed by atoms with Gasteiger partial charge in [0.15, 0.2) is 0 Å². The predicted molar refractivity (Wildman–Crippen MR) is 92.7 cm³/mol. The number of fused-ring (bicyclic) bond motifs is 1. The lowest BCUT2D eigenvalue weighted by molar-refractivity contribution is 0.256. The number of para-hydroxylation sites is 1. The SMILES string of the molecule is CNC(CC1CCOc2ccccc21)c1csc(I)c1. The highest BCUT2D eigenvalue weighted by molar-refractivity contribution is 14.1. The molecule has 3 rings (SSSR count). The highest BCUT2D eigenvalue weighted by Crippen LogP contribution is 2.39. The topological polar surface area (TPSA) is 21.3 Å². The van der Waals surface area contributed by atoms with Crippen molar-refractivity contribution in [2.75, 3.05) is 13.7 Å². The van der Waals surface area contributed by atoms with Crippen LogP contribution in [0.5, 0.6) is 5.75 Å². The molecule has 1 N–H and O–H groups in total. The molecule has 4 heteroatoms. The van der Waals surface area contributed by atoms with Crippen LogP contribution in [0.15, 0.2) is 35.7 Å². The lowest BCUT2D eigenvalue weighted by Gasteiger charge is -2.28. The van der Waals surface area contributed by atoms with Crippen molar-refractivity contribution in [3.8, 4) is 5.75 Å². The Hall–Kier alpha value is -0.590. The average molecular weight is 399 g/mol. The number of rotatable bonds is 4. The Bertz CT molecular complexity index is 583. The van der Waals surface area contributed by atoms with E-state index in [9.17, 15) is 0 Å². The quantitative estimate of drug-likeness (QED) is 0.761. The maximum Gasteiger partial charge on any atom is 0.122 e. The summed E-state index contributed by atoms with van der Waals surface area (Å²) in [7, 11) is 2.06. The van der Waals surface area contributed by atoms with Gasteiger partial charge in [0, 0.05) is 6.04 Å². The second-order valence-corrected chi connectivity index (χ2v) is 7.94. The molecule has 2 nitrogen and oxygen atoms in total. The van der Waals surface area contributed by atoms with Crippen molar-refractivity contribution in [1.29, 1.82) is 0 Å². The summed E-state index contributed by atoms with van der Waals surface area (Å²) in [6, 6.07) is 11.2. The summed E-state index contributed by atoms with van der Waals surface area (Å²) in [5.74, 6) is 1.65. The Labute approximate surface area is 137 Å². The maximum absolute atomic E-state index is 5.76. The van der Waals surface area contributed by atoms with Gasteiger partial charge in [0.2, 0.25) is 0 Å². The van der Waals surface area contributed by atoms with E-state index in [-0.39, 0.29) is 0 Å². The number of ether oxygens (including phenoxy) is 1. The number of halogens is 1. The first-order chi connectivity index (χ1) is 9.78. The van der Waals surface area contributed by atoms with E-state index in [0.29, 0.717) is 12.0 Å². The fourth-order valence-corrected chi connectivity index (χ4v) is 4.30. The second kappa shape index (κ2) is 6.45. The fourth-order valence-electron chi connectivity index (χ4n) is 2.87. The standard InChI is InChI=1S/C16H18INOS/c1-18-14(12-9-16(17)20-10-12)8-11-6-7-19-15-5-3-2-4-13(11)15/h2-5,9-11,14,18H,6-8H2,1H3. The van der Waals surface area contributed by atoms with Gasteiger partial charge in [-0.25, -0.2) is 0 Å². The van der Waals surface area contributed by atoms with Crippen molar-refractivity contribution in [3.05, 3.63) is 49.7 Å². The van der Waals surface area contributed by atoms with Crippen molar-refractivity contribution < 1.29 is 4.74 Å². The van der Waals surface area contributed by atoms with Crippen LogP contribution in [0.2, 0.25) is 0 Å². The molecule has 2 atom stereocenters. The molecule has 1 aromatic heterocycles. The average Bonchev–Trinajstić information content (AvgIpc) is 2.91. The molecular formula is C16H18INOS. The minimum atomic E-state index is 0.422. The Kier molecular flexibility index (Phi) is 4.63. The van der Waals surface area contributed by atoms with Gasteiger partial charge in [-0.1, -0.05) is 18.2 Å². The zero-order valence-corrected chi connectivity index (χ0v) is 14.4. The van der Waals surface area contributed by atoms with Crippen LogP contribution >= 0.6 is 33.9 Å². The summed E-state index contributed by atoms with van der Waals surface area (Å²) >= 11 is 4.21. The number of hydrogen-bond acceptors (Lipinski definition) is 3. The van der Waals surface area contributed by atoms with E-state index in [1.54, 1.807) is 0 Å². The molecule has 0 amide bonds. The predicted octanol–water partition coefficient (Wildman–Crippen LogP) is 4.57. The third kappa shape index (κ3) is 3.02. The van der Waals surface area contributed by atoms with E-state index >= 15 is 0 Å². The molecule has 1 aromatic carbocycles. The molecule has 106 valence electrons. The van der Waals surface area contributed by atoms with Crippen LogP contribution in [0.25, 0.3) is 0 Å². The highest BCUT2D eigenvalue weighted by atomic mass is 127. The molecule has 2 aromatic rings. The van der Waals surface area contributed by atoms with E-state index in [4.69, 9.17) is 4.74 Å². The zero-order valence-electron chi connectivity index (χ0n) is 11.4. The molecule has 2 unspecified atom stereocenters. The smallest absolute Gasteiger partial charge is 0.122 e. The van der Waals surface area contributed by atoms with Gasteiger partial charge in [-0.3, -0.25) is 0 Å². The third-order valence-corrected chi connectivity index (χ3v) is 5.75. The first-order valence-corrected chi connectivity index (χ1v) is 8.86. The summed E-state index contributed by atoms with van der Waals surface area (Å²) in [5, 5.41) is 5.74. The maximum atomic E-state index is 5.76. The molecule has 0 fully saturated rings. The normalized spacial score (nSPS) is 19.2. The van der Waals surface area contributed by atoms with Gasteiger partial charge in [0.1, 0.15) is 5.75 Å². The summed E-state index contributed by atoms with van der Waals surface area (Å²) in [5.41, 5.74) is 2.77. The summed E-state index contributed by atoms with van der Waals surface area (Å²) in [4.78, 5) is 0. The molecule has 0 saturated heterocycles. The van der Waals surface area contributed by atoms with Crippen LogP contribution in [0.4, 0.5) is 0 Å². The number of hydrogen-bond donors (Lipinski definition) is 1. The van der Waals surface area contributed by atoms with Crippen LogP contribution < -0.4 is 10.1 Å². The van der Waals surface area contributed by atoms with Crippen LogP contribution in [-0.2, 0) is 0 Å². The molecule has 0 spiro atoms. The minimum Gasteiger partial charge on any atom is -0.493 e. The van der Waals surface area contributed by atoms with Crippen molar-refractivity contribution in [3.63, 3.8) is 0 Å². The van der Waals surface area contributed by atoms with Crippen molar-refractivity contribution in [2.45, 2.75) is 24.8 Å². The van der Waals surface area contributed by atoms with E-state index < -0.39 is 0 Å². The largest absolute Gasteiger partial charge is 0.493 e. The molecule has 20 heavy (non-hydrogen) atoms. The molecular weight excluding hydrogens is 381 g/mol. The van der Waals surface area contributed by atoms with E-state index in [2.05, 4.69) is 70.7 Å². The number of thiophene rings is 1. The molecule has 1 aliphatic heterocycles. The lowest BCUT2D eigenvalue weighted by Crippen LogP contribution is -2.22. The summed E-state index contributed by atoms with van der Waals surface area (Å²) in [6.45, 7) is 0.833. The van der Waals surface area contributed by atoms with E-state index in [0.717, 1.165) is 25.2 Å². The molecule has 2 heterocycles. The van der Waals surface area contributed by atoms with Gasteiger partial charge in [0.25, 0.3) is 0 Å². The van der Waals surface area contributed by atoms with Gasteiger partial charge >= 0.3 is 0 Å². The monoisotopic (exact) mass is 399 g/mol. The van der Waals surface area contributed by atoms with Crippen LogP contribution in [0.1, 0.15) is 35.9 Å². The fraction of sp³-hybridized carbons (Fsp3) is 0.375. The summed E-state index contributed by atoms with van der Waals surface area (Å²) in [6.07, 6.45) is 2.24. The Morgan fingerprint density at radius 1 is 1.45 bits per heavy atom. The Morgan fingerprint density at radius 3 is 3.05 bits per heavy atom. The Balaban J connectivity index is 1.80. The molecule has 0 aliphatic carbocycles.